The summed E-state index contributed by atoms with van der Waals surface area (Å²) in [7, 11) is 1.44. The maximum atomic E-state index is 11.7. The number of rotatable bonds is 1. The van der Waals surface area contributed by atoms with E-state index in [9.17, 15) is 9.59 Å². The topological polar surface area (TPSA) is 44.0 Å². The molecule has 1 rings (SSSR count). The van der Waals surface area contributed by atoms with Crippen molar-refractivity contribution in [3.63, 3.8) is 0 Å². The maximum absolute atomic E-state index is 11.7. The second-order valence-electron chi connectivity index (χ2n) is 4.79. The lowest BCUT2D eigenvalue weighted by Crippen LogP contribution is -2.39. The van der Waals surface area contributed by atoms with Crippen LogP contribution in [0.4, 0.5) is 0 Å². The number of hydrogen-bond acceptors (Lipinski definition) is 2. The summed E-state index contributed by atoms with van der Waals surface area (Å²) in [4.78, 5) is 23.0. The molecule has 1 aromatic rings. The van der Waals surface area contributed by atoms with E-state index in [0.717, 1.165) is 4.57 Å². The van der Waals surface area contributed by atoms with E-state index in [1.54, 1.807) is 0 Å². The SMILES string of the molecule is Cn1c(=O)cc(Cl)n(CC(C)(C)C)c1=O. The highest BCUT2D eigenvalue weighted by Crippen LogP contribution is 2.17. The van der Waals surface area contributed by atoms with Crippen molar-refractivity contribution in [1.82, 2.24) is 9.13 Å². The fourth-order valence-corrected chi connectivity index (χ4v) is 1.49. The van der Waals surface area contributed by atoms with E-state index in [4.69, 9.17) is 11.6 Å². The van der Waals surface area contributed by atoms with E-state index in [1.807, 2.05) is 20.8 Å². The molecule has 1 aromatic heterocycles. The molecule has 0 aromatic carbocycles. The van der Waals surface area contributed by atoms with Crippen molar-refractivity contribution < 1.29 is 0 Å². The Morgan fingerprint density at radius 2 is 1.87 bits per heavy atom. The van der Waals surface area contributed by atoms with Gasteiger partial charge in [-0.15, -0.1) is 0 Å². The summed E-state index contributed by atoms with van der Waals surface area (Å²) >= 11 is 5.86. The lowest BCUT2D eigenvalue weighted by atomic mass is 9.97. The molecule has 84 valence electrons. The van der Waals surface area contributed by atoms with Crippen LogP contribution >= 0.6 is 11.6 Å². The van der Waals surface area contributed by atoms with Gasteiger partial charge in [-0.05, 0) is 5.41 Å². The van der Waals surface area contributed by atoms with E-state index in [0.29, 0.717) is 6.54 Å². The first kappa shape index (κ1) is 12.0. The zero-order chi connectivity index (χ0) is 11.8. The molecule has 0 aliphatic rings. The minimum Gasteiger partial charge on any atom is -0.283 e. The normalized spacial score (nSPS) is 11.8. The van der Waals surface area contributed by atoms with Gasteiger partial charge >= 0.3 is 5.69 Å². The van der Waals surface area contributed by atoms with Gasteiger partial charge in [0.1, 0.15) is 5.15 Å². The van der Waals surface area contributed by atoms with Gasteiger partial charge in [0.15, 0.2) is 0 Å². The third kappa shape index (κ3) is 2.72. The molecule has 0 spiro atoms. The van der Waals surface area contributed by atoms with Crippen LogP contribution in [0.25, 0.3) is 0 Å². The average molecular weight is 231 g/mol. The van der Waals surface area contributed by atoms with Crippen molar-refractivity contribution >= 4 is 11.6 Å². The van der Waals surface area contributed by atoms with E-state index in [2.05, 4.69) is 0 Å². The lowest BCUT2D eigenvalue weighted by molar-refractivity contribution is 0.331. The zero-order valence-electron chi connectivity index (χ0n) is 9.37. The predicted molar refractivity (Wildman–Crippen MR) is 60.4 cm³/mol. The largest absolute Gasteiger partial charge is 0.331 e. The molecule has 0 N–H and O–H groups in total. The lowest BCUT2D eigenvalue weighted by Gasteiger charge is -2.20. The minimum absolute atomic E-state index is 0.0646. The molecule has 0 radical (unpaired) electrons. The third-order valence-electron chi connectivity index (χ3n) is 1.98. The Bertz CT molecular complexity index is 480. The standard InChI is InChI=1S/C10H15ClN2O2/c1-10(2,3)6-13-7(11)5-8(14)12(4)9(13)15/h5H,6H2,1-4H3. The summed E-state index contributed by atoms with van der Waals surface area (Å²) in [6, 6.07) is 1.26. The molecular weight excluding hydrogens is 216 g/mol. The highest BCUT2D eigenvalue weighted by Gasteiger charge is 2.15. The van der Waals surface area contributed by atoms with Gasteiger partial charge in [-0.2, -0.15) is 0 Å². The van der Waals surface area contributed by atoms with E-state index < -0.39 is 0 Å². The Balaban J connectivity index is 3.38. The number of aromatic nitrogens is 2. The number of hydrogen-bond donors (Lipinski definition) is 0. The fourth-order valence-electron chi connectivity index (χ4n) is 1.26. The highest BCUT2D eigenvalue weighted by atomic mass is 35.5. The fraction of sp³-hybridized carbons (Fsp3) is 0.600. The maximum Gasteiger partial charge on any atom is 0.331 e. The second kappa shape index (κ2) is 3.85. The monoisotopic (exact) mass is 230 g/mol. The first-order valence-corrected chi connectivity index (χ1v) is 5.06. The summed E-state index contributed by atoms with van der Waals surface area (Å²) in [6.45, 7) is 6.49. The Labute approximate surface area is 93.1 Å². The Morgan fingerprint density at radius 3 is 2.33 bits per heavy atom. The predicted octanol–water partition coefficient (Wildman–Crippen LogP) is 1.25. The van der Waals surface area contributed by atoms with Crippen LogP contribution in [0.2, 0.25) is 5.15 Å². The van der Waals surface area contributed by atoms with Crippen molar-refractivity contribution in [2.75, 3.05) is 0 Å². The van der Waals surface area contributed by atoms with Crippen molar-refractivity contribution in [2.45, 2.75) is 27.3 Å². The minimum atomic E-state index is -0.379. The zero-order valence-corrected chi connectivity index (χ0v) is 10.1. The van der Waals surface area contributed by atoms with E-state index >= 15 is 0 Å². The molecule has 1 heterocycles. The van der Waals surface area contributed by atoms with Crippen LogP contribution in [0, 0.1) is 5.41 Å². The van der Waals surface area contributed by atoms with E-state index in [-0.39, 0.29) is 21.8 Å². The molecule has 15 heavy (non-hydrogen) atoms. The van der Waals surface area contributed by atoms with Gasteiger partial charge in [0.25, 0.3) is 5.56 Å². The van der Waals surface area contributed by atoms with Crippen molar-refractivity contribution in [1.29, 1.82) is 0 Å². The molecule has 0 aliphatic heterocycles. The number of halogens is 1. The number of nitrogens with zero attached hydrogens (tertiary/aromatic N) is 2. The molecule has 0 unspecified atom stereocenters. The van der Waals surface area contributed by atoms with Crippen LogP contribution in [0.5, 0.6) is 0 Å². The Kier molecular flexibility index (Phi) is 3.09. The molecule has 0 saturated heterocycles. The van der Waals surface area contributed by atoms with Gasteiger partial charge in [-0.25, -0.2) is 4.79 Å². The van der Waals surface area contributed by atoms with Crippen LogP contribution in [-0.2, 0) is 13.6 Å². The van der Waals surface area contributed by atoms with Crippen LogP contribution in [-0.4, -0.2) is 9.13 Å². The first-order valence-electron chi connectivity index (χ1n) is 4.69. The van der Waals surface area contributed by atoms with Gasteiger partial charge in [0.2, 0.25) is 0 Å². The van der Waals surface area contributed by atoms with Crippen molar-refractivity contribution in [3.8, 4) is 0 Å². The average Bonchev–Trinajstić information content (AvgIpc) is 2.07. The molecule has 0 atom stereocenters. The third-order valence-corrected chi connectivity index (χ3v) is 2.29. The molecule has 0 bridgehead atoms. The van der Waals surface area contributed by atoms with Crippen LogP contribution in [0.3, 0.4) is 0 Å². The molecular formula is C10H15ClN2O2. The van der Waals surface area contributed by atoms with Crippen molar-refractivity contribution in [3.05, 3.63) is 32.1 Å². The first-order chi connectivity index (χ1) is 6.72. The van der Waals surface area contributed by atoms with Crippen molar-refractivity contribution in [2.24, 2.45) is 12.5 Å². The van der Waals surface area contributed by atoms with Crippen LogP contribution in [0.15, 0.2) is 15.7 Å². The summed E-state index contributed by atoms with van der Waals surface area (Å²) in [5.41, 5.74) is -0.817. The van der Waals surface area contributed by atoms with Gasteiger partial charge in [0.05, 0.1) is 0 Å². The van der Waals surface area contributed by atoms with Gasteiger partial charge < -0.3 is 0 Å². The Hall–Kier alpha value is -1.03. The molecule has 0 saturated carbocycles. The van der Waals surface area contributed by atoms with Gasteiger partial charge in [-0.1, -0.05) is 32.4 Å². The molecule has 4 nitrogen and oxygen atoms in total. The van der Waals surface area contributed by atoms with Gasteiger partial charge in [0, 0.05) is 19.7 Å². The van der Waals surface area contributed by atoms with Crippen LogP contribution < -0.4 is 11.2 Å². The molecule has 0 fully saturated rings. The van der Waals surface area contributed by atoms with Gasteiger partial charge in [-0.3, -0.25) is 13.9 Å². The molecule has 0 aliphatic carbocycles. The summed E-state index contributed by atoms with van der Waals surface area (Å²) in [6.07, 6.45) is 0. The van der Waals surface area contributed by atoms with E-state index in [1.165, 1.54) is 17.7 Å². The summed E-state index contributed by atoms with van der Waals surface area (Å²) in [5.74, 6) is 0. The molecule has 5 heteroatoms. The smallest absolute Gasteiger partial charge is 0.283 e. The summed E-state index contributed by atoms with van der Waals surface area (Å²) < 4.78 is 2.46. The summed E-state index contributed by atoms with van der Waals surface area (Å²) in [5, 5.41) is 0.193. The van der Waals surface area contributed by atoms with Crippen LogP contribution in [0.1, 0.15) is 20.8 Å². The quantitative estimate of drug-likeness (QED) is 0.682. The molecule has 0 amide bonds. The Morgan fingerprint density at radius 1 is 1.33 bits per heavy atom. The second-order valence-corrected chi connectivity index (χ2v) is 5.18. The highest BCUT2D eigenvalue weighted by molar-refractivity contribution is 6.29.